The summed E-state index contributed by atoms with van der Waals surface area (Å²) in [4.78, 5) is 20.9. The first-order valence-corrected chi connectivity index (χ1v) is 5.62. The van der Waals surface area contributed by atoms with Gasteiger partial charge in [-0.2, -0.15) is 0 Å². The van der Waals surface area contributed by atoms with Crippen LogP contribution in [0.5, 0.6) is 0 Å². The van der Waals surface area contributed by atoms with Gasteiger partial charge in [0.1, 0.15) is 0 Å². The van der Waals surface area contributed by atoms with Crippen molar-refractivity contribution in [1.82, 2.24) is 9.97 Å². The molecular formula is C14H11N3O. The Hall–Kier alpha value is -2.62. The van der Waals surface area contributed by atoms with Crippen LogP contribution in [-0.2, 0) is 0 Å². The zero-order chi connectivity index (χ0) is 12.4. The van der Waals surface area contributed by atoms with Gasteiger partial charge in [0.05, 0.1) is 16.7 Å². The Balaban J connectivity index is 1.95. The van der Waals surface area contributed by atoms with Crippen LogP contribution in [0.3, 0.4) is 0 Å². The van der Waals surface area contributed by atoms with Crippen LogP contribution in [0, 0.1) is 0 Å². The summed E-state index contributed by atoms with van der Waals surface area (Å²) in [6.45, 7) is 0. The number of H-pyrrole nitrogens is 2. The van der Waals surface area contributed by atoms with Gasteiger partial charge in [-0.15, -0.1) is 0 Å². The maximum Gasteiger partial charge on any atom is 0.323 e. The zero-order valence-corrected chi connectivity index (χ0v) is 9.55. The van der Waals surface area contributed by atoms with E-state index >= 15 is 0 Å². The van der Waals surface area contributed by atoms with Crippen molar-refractivity contribution in [3.63, 3.8) is 0 Å². The van der Waals surface area contributed by atoms with E-state index < -0.39 is 0 Å². The molecule has 18 heavy (non-hydrogen) atoms. The minimum atomic E-state index is -0.200. The van der Waals surface area contributed by atoms with Crippen LogP contribution in [0.25, 0.3) is 11.0 Å². The quantitative estimate of drug-likeness (QED) is 0.661. The molecule has 0 aliphatic heterocycles. The molecule has 0 radical (unpaired) electrons. The normalized spacial score (nSPS) is 11.3. The number of imidazole rings is 1. The van der Waals surface area contributed by atoms with Crippen LogP contribution in [0.4, 0.5) is 5.69 Å². The first kappa shape index (κ1) is 10.5. The molecule has 2 aromatic carbocycles. The Morgan fingerprint density at radius 2 is 1.72 bits per heavy atom. The number of rotatable bonds is 2. The third kappa shape index (κ3) is 2.08. The van der Waals surface area contributed by atoms with Crippen molar-refractivity contribution in [2.75, 3.05) is 0 Å². The van der Waals surface area contributed by atoms with E-state index in [1.165, 1.54) is 0 Å². The van der Waals surface area contributed by atoms with Crippen molar-refractivity contribution in [1.29, 1.82) is 0 Å². The lowest BCUT2D eigenvalue weighted by Gasteiger charge is -1.94. The van der Waals surface area contributed by atoms with Gasteiger partial charge in [0.2, 0.25) is 0 Å². The number of fused-ring (bicyclic) bond motifs is 1. The lowest BCUT2D eigenvalue weighted by Crippen LogP contribution is -1.99. The Morgan fingerprint density at radius 3 is 2.56 bits per heavy atom. The van der Waals surface area contributed by atoms with E-state index in [0.29, 0.717) is 0 Å². The molecule has 0 amide bonds. The second-order valence-corrected chi connectivity index (χ2v) is 3.98. The molecule has 0 saturated heterocycles. The first-order chi connectivity index (χ1) is 8.81. The van der Waals surface area contributed by atoms with Gasteiger partial charge < -0.3 is 9.97 Å². The van der Waals surface area contributed by atoms with E-state index in [2.05, 4.69) is 15.0 Å². The highest BCUT2D eigenvalue weighted by Gasteiger charge is 1.98. The van der Waals surface area contributed by atoms with Gasteiger partial charge in [0, 0.05) is 6.21 Å². The maximum atomic E-state index is 11.1. The van der Waals surface area contributed by atoms with Crippen molar-refractivity contribution in [3.05, 3.63) is 64.6 Å². The van der Waals surface area contributed by atoms with Gasteiger partial charge in [0.15, 0.2) is 0 Å². The molecule has 3 rings (SSSR count). The molecule has 0 unspecified atom stereocenters. The summed E-state index contributed by atoms with van der Waals surface area (Å²) in [7, 11) is 0. The lowest BCUT2D eigenvalue weighted by atomic mass is 10.2. The second kappa shape index (κ2) is 4.33. The van der Waals surface area contributed by atoms with Crippen LogP contribution in [0.1, 0.15) is 5.56 Å². The van der Waals surface area contributed by atoms with Crippen molar-refractivity contribution in [2.24, 2.45) is 4.99 Å². The first-order valence-electron chi connectivity index (χ1n) is 5.62. The van der Waals surface area contributed by atoms with Gasteiger partial charge in [0.25, 0.3) is 0 Å². The average Bonchev–Trinajstić information content (AvgIpc) is 2.77. The number of aliphatic imine (C=N–C) groups is 1. The van der Waals surface area contributed by atoms with E-state index in [-0.39, 0.29) is 5.69 Å². The fraction of sp³-hybridized carbons (Fsp3) is 0. The number of hydrogen-bond acceptors (Lipinski definition) is 2. The maximum absolute atomic E-state index is 11.1. The highest BCUT2D eigenvalue weighted by atomic mass is 16.1. The largest absolute Gasteiger partial charge is 0.323 e. The van der Waals surface area contributed by atoms with E-state index in [1.807, 2.05) is 48.5 Å². The molecule has 0 saturated carbocycles. The molecule has 0 fully saturated rings. The fourth-order valence-corrected chi connectivity index (χ4v) is 1.79. The molecule has 88 valence electrons. The molecule has 0 aliphatic carbocycles. The van der Waals surface area contributed by atoms with E-state index in [0.717, 1.165) is 22.3 Å². The molecule has 4 heteroatoms. The minimum Gasteiger partial charge on any atom is -0.306 e. The van der Waals surface area contributed by atoms with Crippen molar-refractivity contribution >= 4 is 22.9 Å². The number of nitrogens with one attached hydrogen (secondary N) is 2. The third-order valence-corrected chi connectivity index (χ3v) is 2.66. The number of aromatic amines is 2. The Labute approximate surface area is 103 Å². The summed E-state index contributed by atoms with van der Waals surface area (Å²) in [5.41, 5.74) is 3.21. The molecule has 0 spiro atoms. The van der Waals surface area contributed by atoms with Crippen LogP contribution in [0.2, 0.25) is 0 Å². The Kier molecular flexibility index (Phi) is 2.53. The average molecular weight is 237 g/mol. The number of aromatic nitrogens is 2. The summed E-state index contributed by atoms with van der Waals surface area (Å²) >= 11 is 0. The lowest BCUT2D eigenvalue weighted by molar-refractivity contribution is 1.21. The summed E-state index contributed by atoms with van der Waals surface area (Å²) in [5, 5.41) is 0. The van der Waals surface area contributed by atoms with Gasteiger partial charge in [-0.25, -0.2) is 4.79 Å². The predicted molar refractivity (Wildman–Crippen MR) is 72.6 cm³/mol. The molecule has 3 aromatic rings. The van der Waals surface area contributed by atoms with Crippen LogP contribution in [0.15, 0.2) is 58.3 Å². The van der Waals surface area contributed by atoms with Crippen molar-refractivity contribution in [3.8, 4) is 0 Å². The monoisotopic (exact) mass is 237 g/mol. The summed E-state index contributed by atoms with van der Waals surface area (Å²) in [5.74, 6) is 0. The molecule has 1 aromatic heterocycles. The van der Waals surface area contributed by atoms with Gasteiger partial charge in [-0.3, -0.25) is 4.99 Å². The molecule has 0 atom stereocenters. The zero-order valence-electron chi connectivity index (χ0n) is 9.55. The van der Waals surface area contributed by atoms with Crippen molar-refractivity contribution in [2.45, 2.75) is 0 Å². The minimum absolute atomic E-state index is 0.200. The Morgan fingerprint density at radius 1 is 0.944 bits per heavy atom. The van der Waals surface area contributed by atoms with Crippen LogP contribution < -0.4 is 5.69 Å². The SMILES string of the molecule is O=c1[nH]c2ccc(N=Cc3ccccc3)cc2[nH]1. The van der Waals surface area contributed by atoms with E-state index in [1.54, 1.807) is 6.21 Å². The summed E-state index contributed by atoms with van der Waals surface area (Å²) in [6.07, 6.45) is 1.80. The number of nitrogens with zero attached hydrogens (tertiary/aromatic N) is 1. The molecule has 0 bridgehead atoms. The van der Waals surface area contributed by atoms with E-state index in [4.69, 9.17) is 0 Å². The van der Waals surface area contributed by atoms with Crippen LogP contribution in [-0.4, -0.2) is 16.2 Å². The van der Waals surface area contributed by atoms with Gasteiger partial charge in [-0.1, -0.05) is 30.3 Å². The molecule has 2 N–H and O–H groups in total. The molecular weight excluding hydrogens is 226 g/mol. The van der Waals surface area contributed by atoms with Gasteiger partial charge in [-0.05, 0) is 23.8 Å². The topological polar surface area (TPSA) is 61.0 Å². The standard InChI is InChI=1S/C14H11N3O/c18-14-16-12-7-6-11(8-13(12)17-14)15-9-10-4-2-1-3-5-10/h1-9H,(H2,16,17,18). The third-order valence-electron chi connectivity index (χ3n) is 2.66. The smallest absolute Gasteiger partial charge is 0.306 e. The predicted octanol–water partition coefficient (Wildman–Crippen LogP) is 2.61. The van der Waals surface area contributed by atoms with E-state index in [9.17, 15) is 4.79 Å². The van der Waals surface area contributed by atoms with Gasteiger partial charge >= 0.3 is 5.69 Å². The number of benzene rings is 2. The van der Waals surface area contributed by atoms with Crippen molar-refractivity contribution < 1.29 is 0 Å². The summed E-state index contributed by atoms with van der Waals surface area (Å²) in [6, 6.07) is 15.4. The Bertz CT molecular complexity index is 753. The summed E-state index contributed by atoms with van der Waals surface area (Å²) < 4.78 is 0. The highest BCUT2D eigenvalue weighted by Crippen LogP contribution is 2.17. The number of hydrogen-bond donors (Lipinski definition) is 2. The highest BCUT2D eigenvalue weighted by molar-refractivity contribution is 5.84. The molecule has 0 aliphatic rings. The van der Waals surface area contributed by atoms with Crippen LogP contribution >= 0.6 is 0 Å². The molecule has 4 nitrogen and oxygen atoms in total. The molecule has 1 heterocycles. The fourth-order valence-electron chi connectivity index (χ4n) is 1.79. The second-order valence-electron chi connectivity index (χ2n) is 3.98.